The fourth-order valence-corrected chi connectivity index (χ4v) is 5.99. The van der Waals surface area contributed by atoms with E-state index in [1.54, 1.807) is 23.1 Å². The van der Waals surface area contributed by atoms with E-state index in [4.69, 9.17) is 4.52 Å². The normalized spacial score (nSPS) is 17.4. The number of likely N-dealkylation sites (tertiary alicyclic amines) is 1. The van der Waals surface area contributed by atoms with E-state index in [9.17, 15) is 18.0 Å². The largest absolute Gasteiger partial charge is 0.369 e. The highest BCUT2D eigenvalue weighted by atomic mass is 32.2. The zero-order chi connectivity index (χ0) is 23.9. The van der Waals surface area contributed by atoms with Crippen LogP contribution in [0.1, 0.15) is 40.6 Å². The van der Waals surface area contributed by atoms with Crippen molar-refractivity contribution >= 4 is 38.4 Å². The van der Waals surface area contributed by atoms with E-state index >= 15 is 0 Å². The van der Waals surface area contributed by atoms with E-state index in [0.29, 0.717) is 55.8 Å². The fraction of sp³-hybridized carbons (Fsp3) is 0.375. The van der Waals surface area contributed by atoms with Gasteiger partial charge in [-0.25, -0.2) is 8.42 Å². The molecule has 0 atom stereocenters. The standard InChI is InChI=1S/C24H26N4O5S/c1-17(29)18-4-6-19(7-5-18)26-12-14-28(15-13-26)34(31,32)20-8-9-22-21(16-20)23(25-33-22)24(30)27-10-2-3-11-27/h4-9,16H,2-3,10-15H2,1H3. The van der Waals surface area contributed by atoms with Crippen molar-refractivity contribution in [3.8, 4) is 0 Å². The summed E-state index contributed by atoms with van der Waals surface area (Å²) in [7, 11) is -3.75. The van der Waals surface area contributed by atoms with Crippen LogP contribution in [-0.4, -0.2) is 73.7 Å². The van der Waals surface area contributed by atoms with Crippen molar-refractivity contribution < 1.29 is 22.5 Å². The number of Topliss-reactive ketones (excluding diaryl/α,β-unsaturated/α-hetero) is 1. The van der Waals surface area contributed by atoms with E-state index in [2.05, 4.69) is 10.1 Å². The molecule has 34 heavy (non-hydrogen) atoms. The average molecular weight is 483 g/mol. The monoisotopic (exact) mass is 482 g/mol. The van der Waals surface area contributed by atoms with Gasteiger partial charge < -0.3 is 14.3 Å². The van der Waals surface area contributed by atoms with Gasteiger partial charge in [-0.15, -0.1) is 0 Å². The number of hydrogen-bond donors (Lipinski definition) is 0. The lowest BCUT2D eigenvalue weighted by Crippen LogP contribution is -2.48. The number of piperazine rings is 1. The van der Waals surface area contributed by atoms with Crippen molar-refractivity contribution in [2.75, 3.05) is 44.2 Å². The van der Waals surface area contributed by atoms with Crippen molar-refractivity contribution in [3.63, 3.8) is 0 Å². The molecule has 0 bridgehead atoms. The second kappa shape index (κ2) is 8.84. The quantitative estimate of drug-likeness (QED) is 0.515. The van der Waals surface area contributed by atoms with Crippen LogP contribution in [0.25, 0.3) is 11.0 Å². The van der Waals surface area contributed by atoms with Gasteiger partial charge in [0.05, 0.1) is 10.3 Å². The molecule has 2 aliphatic heterocycles. The van der Waals surface area contributed by atoms with Crippen molar-refractivity contribution in [3.05, 3.63) is 53.7 Å². The van der Waals surface area contributed by atoms with E-state index in [1.165, 1.54) is 23.4 Å². The second-order valence-electron chi connectivity index (χ2n) is 8.68. The number of aromatic nitrogens is 1. The smallest absolute Gasteiger partial charge is 0.276 e. The first-order chi connectivity index (χ1) is 16.3. The molecule has 0 saturated carbocycles. The molecule has 2 fully saturated rings. The average Bonchev–Trinajstić information content (AvgIpc) is 3.54. The van der Waals surface area contributed by atoms with Crippen LogP contribution in [0.2, 0.25) is 0 Å². The molecule has 2 saturated heterocycles. The van der Waals surface area contributed by atoms with Gasteiger partial charge in [-0.1, -0.05) is 5.16 Å². The first kappa shape index (κ1) is 22.5. The third-order valence-electron chi connectivity index (χ3n) is 6.55. The van der Waals surface area contributed by atoms with Gasteiger partial charge in [0.25, 0.3) is 5.91 Å². The maximum Gasteiger partial charge on any atom is 0.276 e. The number of hydrogen-bond acceptors (Lipinski definition) is 7. The summed E-state index contributed by atoms with van der Waals surface area (Å²) in [4.78, 5) is 28.3. The van der Waals surface area contributed by atoms with E-state index in [1.807, 2.05) is 12.1 Å². The number of rotatable bonds is 5. The molecule has 1 amide bonds. The van der Waals surface area contributed by atoms with Crippen molar-refractivity contribution in [1.29, 1.82) is 0 Å². The number of carbonyl (C=O) groups excluding carboxylic acids is 2. The van der Waals surface area contributed by atoms with Gasteiger partial charge >= 0.3 is 0 Å². The molecule has 10 heteroatoms. The highest BCUT2D eigenvalue weighted by Crippen LogP contribution is 2.27. The van der Waals surface area contributed by atoms with Crippen LogP contribution in [-0.2, 0) is 10.0 Å². The molecular formula is C24H26N4O5S. The molecule has 5 rings (SSSR count). The van der Waals surface area contributed by atoms with Crippen LogP contribution in [0.15, 0.2) is 51.9 Å². The molecular weight excluding hydrogens is 456 g/mol. The first-order valence-electron chi connectivity index (χ1n) is 11.4. The van der Waals surface area contributed by atoms with Gasteiger partial charge in [-0.05, 0) is 62.2 Å². The Kier molecular flexibility index (Phi) is 5.86. The lowest BCUT2D eigenvalue weighted by atomic mass is 10.1. The summed E-state index contributed by atoms with van der Waals surface area (Å²) < 4.78 is 33.5. The van der Waals surface area contributed by atoms with E-state index in [0.717, 1.165) is 18.5 Å². The van der Waals surface area contributed by atoms with Crippen molar-refractivity contribution in [2.24, 2.45) is 0 Å². The lowest BCUT2D eigenvalue weighted by Gasteiger charge is -2.35. The molecule has 1 aromatic heterocycles. The molecule has 3 aromatic rings. The van der Waals surface area contributed by atoms with Gasteiger partial charge in [0.15, 0.2) is 17.1 Å². The Morgan fingerprint density at radius 3 is 2.24 bits per heavy atom. The minimum atomic E-state index is -3.75. The SMILES string of the molecule is CC(=O)c1ccc(N2CCN(S(=O)(=O)c3ccc4onc(C(=O)N5CCCC5)c4c3)CC2)cc1. The van der Waals surface area contributed by atoms with Gasteiger partial charge in [0, 0.05) is 50.5 Å². The van der Waals surface area contributed by atoms with Gasteiger partial charge in [-0.3, -0.25) is 9.59 Å². The minimum absolute atomic E-state index is 0.0116. The van der Waals surface area contributed by atoms with Gasteiger partial charge in [0.2, 0.25) is 10.0 Å². The van der Waals surface area contributed by atoms with Crippen LogP contribution in [0.3, 0.4) is 0 Å². The van der Waals surface area contributed by atoms with E-state index < -0.39 is 10.0 Å². The van der Waals surface area contributed by atoms with Crippen LogP contribution in [0.5, 0.6) is 0 Å². The molecule has 0 aliphatic carbocycles. The molecule has 0 spiro atoms. The predicted octanol–water partition coefficient (Wildman–Crippen LogP) is 2.78. The summed E-state index contributed by atoms with van der Waals surface area (Å²) in [5.41, 5.74) is 2.16. The summed E-state index contributed by atoms with van der Waals surface area (Å²) in [6.45, 7) is 4.61. The van der Waals surface area contributed by atoms with Crippen LogP contribution in [0.4, 0.5) is 5.69 Å². The summed E-state index contributed by atoms with van der Waals surface area (Å²) in [5, 5.41) is 4.35. The molecule has 9 nitrogen and oxygen atoms in total. The van der Waals surface area contributed by atoms with Crippen LogP contribution < -0.4 is 4.90 Å². The highest BCUT2D eigenvalue weighted by molar-refractivity contribution is 7.89. The molecule has 0 N–H and O–H groups in total. The van der Waals surface area contributed by atoms with Crippen LogP contribution in [0, 0.1) is 0 Å². The Labute approximate surface area is 198 Å². The van der Waals surface area contributed by atoms with Crippen LogP contribution >= 0.6 is 0 Å². The third-order valence-corrected chi connectivity index (χ3v) is 8.45. The van der Waals surface area contributed by atoms with Crippen molar-refractivity contribution in [2.45, 2.75) is 24.7 Å². The Balaban J connectivity index is 1.33. The summed E-state index contributed by atoms with van der Waals surface area (Å²) in [6, 6.07) is 11.9. The fourth-order valence-electron chi connectivity index (χ4n) is 4.55. The van der Waals surface area contributed by atoms with Gasteiger partial charge in [-0.2, -0.15) is 4.31 Å². The number of ketones is 1. The van der Waals surface area contributed by atoms with E-state index in [-0.39, 0.29) is 22.3 Å². The highest BCUT2D eigenvalue weighted by Gasteiger charge is 2.31. The molecule has 2 aromatic carbocycles. The summed E-state index contributed by atoms with van der Waals surface area (Å²) in [6.07, 6.45) is 1.90. The number of benzene rings is 2. The number of anilines is 1. The number of nitrogens with zero attached hydrogens (tertiary/aromatic N) is 4. The molecule has 0 radical (unpaired) electrons. The zero-order valence-corrected chi connectivity index (χ0v) is 19.8. The Hall–Kier alpha value is -3.24. The topological polar surface area (TPSA) is 104 Å². The molecule has 2 aliphatic rings. The number of sulfonamides is 1. The Morgan fingerprint density at radius 2 is 1.59 bits per heavy atom. The maximum absolute atomic E-state index is 13.4. The molecule has 3 heterocycles. The molecule has 0 unspecified atom stereocenters. The third kappa shape index (κ3) is 4.07. The number of fused-ring (bicyclic) bond motifs is 1. The Morgan fingerprint density at radius 1 is 0.912 bits per heavy atom. The predicted molar refractivity (Wildman–Crippen MR) is 127 cm³/mol. The van der Waals surface area contributed by atoms with Gasteiger partial charge in [0.1, 0.15) is 0 Å². The summed E-state index contributed by atoms with van der Waals surface area (Å²) >= 11 is 0. The number of carbonyl (C=O) groups is 2. The zero-order valence-electron chi connectivity index (χ0n) is 18.9. The maximum atomic E-state index is 13.4. The first-order valence-corrected chi connectivity index (χ1v) is 12.8. The molecule has 178 valence electrons. The summed E-state index contributed by atoms with van der Waals surface area (Å²) in [5.74, 6) is -0.215. The number of amides is 1. The lowest BCUT2D eigenvalue weighted by molar-refractivity contribution is 0.0784. The second-order valence-corrected chi connectivity index (χ2v) is 10.6. The van der Waals surface area contributed by atoms with Crippen molar-refractivity contribution in [1.82, 2.24) is 14.4 Å². The minimum Gasteiger partial charge on any atom is -0.369 e. The Bertz CT molecular complexity index is 1340.